The molecule has 9 heteroatoms. The van der Waals surface area contributed by atoms with E-state index in [0.29, 0.717) is 23.2 Å². The summed E-state index contributed by atoms with van der Waals surface area (Å²) in [5.74, 6) is -0.0143. The molecule has 28 heavy (non-hydrogen) atoms. The number of aromatic hydroxyl groups is 1. The Morgan fingerprint density at radius 1 is 1.14 bits per heavy atom. The Morgan fingerprint density at radius 3 is 2.71 bits per heavy atom. The monoisotopic (exact) mass is 391 g/mol. The molecule has 3 rings (SSSR count). The van der Waals surface area contributed by atoms with Crippen molar-refractivity contribution in [2.45, 2.75) is 25.7 Å². The summed E-state index contributed by atoms with van der Waals surface area (Å²) >= 11 is 0. The molecule has 0 aliphatic carbocycles. The average molecular weight is 391 g/mol. The molecule has 0 saturated carbocycles. The van der Waals surface area contributed by atoms with Crippen LogP contribution in [0.3, 0.4) is 0 Å². The standard InChI is InChI=1S/C19H16F3N3O3/c20-19(21,22)7-10-25-15(6-9-24-25)18-13(3-2-8-23-18)12-28-17-5-1-4-16(27)14(17)11-26/h1-6,8-9,11,27H,7,10,12H2. The van der Waals surface area contributed by atoms with Crippen molar-refractivity contribution >= 4 is 6.29 Å². The van der Waals surface area contributed by atoms with Crippen molar-refractivity contribution in [3.63, 3.8) is 0 Å². The molecule has 0 fully saturated rings. The third kappa shape index (κ3) is 4.48. The second kappa shape index (κ2) is 8.12. The molecule has 6 nitrogen and oxygen atoms in total. The first kappa shape index (κ1) is 19.4. The van der Waals surface area contributed by atoms with Gasteiger partial charge in [0.05, 0.1) is 29.9 Å². The highest BCUT2D eigenvalue weighted by Gasteiger charge is 2.27. The van der Waals surface area contributed by atoms with Crippen LogP contribution < -0.4 is 4.74 Å². The summed E-state index contributed by atoms with van der Waals surface area (Å²) in [7, 11) is 0. The number of benzene rings is 1. The number of carbonyl (C=O) groups is 1. The lowest BCUT2D eigenvalue weighted by Gasteiger charge is -2.14. The van der Waals surface area contributed by atoms with E-state index in [1.165, 1.54) is 35.3 Å². The van der Waals surface area contributed by atoms with Gasteiger partial charge in [-0.25, -0.2) is 0 Å². The predicted molar refractivity (Wildman–Crippen MR) is 94.0 cm³/mol. The smallest absolute Gasteiger partial charge is 0.390 e. The lowest BCUT2D eigenvalue weighted by Crippen LogP contribution is -2.14. The quantitative estimate of drug-likeness (QED) is 0.616. The first-order valence-electron chi connectivity index (χ1n) is 8.32. The molecule has 0 spiro atoms. The SMILES string of the molecule is O=Cc1c(O)cccc1OCc1cccnc1-c1ccnn1CCC(F)(F)F. The number of phenols is 1. The molecule has 0 aliphatic heterocycles. The first-order valence-corrected chi connectivity index (χ1v) is 8.32. The van der Waals surface area contributed by atoms with Crippen LogP contribution in [0.5, 0.6) is 11.5 Å². The van der Waals surface area contributed by atoms with Gasteiger partial charge < -0.3 is 9.84 Å². The van der Waals surface area contributed by atoms with Crippen LogP contribution in [-0.2, 0) is 13.2 Å². The van der Waals surface area contributed by atoms with Gasteiger partial charge >= 0.3 is 6.18 Å². The molecule has 0 amide bonds. The van der Waals surface area contributed by atoms with E-state index in [2.05, 4.69) is 10.1 Å². The molecule has 1 N–H and O–H groups in total. The Bertz CT molecular complexity index is 970. The minimum absolute atomic E-state index is 0.00207. The number of pyridine rings is 1. The van der Waals surface area contributed by atoms with Gasteiger partial charge in [-0.15, -0.1) is 0 Å². The molecule has 1 aromatic carbocycles. The number of aromatic nitrogens is 3. The molecule has 0 saturated heterocycles. The van der Waals surface area contributed by atoms with E-state index in [1.54, 1.807) is 18.2 Å². The van der Waals surface area contributed by atoms with Crippen molar-refractivity contribution in [1.29, 1.82) is 0 Å². The van der Waals surface area contributed by atoms with Gasteiger partial charge in [-0.2, -0.15) is 18.3 Å². The zero-order chi connectivity index (χ0) is 20.1. The topological polar surface area (TPSA) is 77.2 Å². The Labute approximate surface area is 158 Å². The molecular formula is C19H16F3N3O3. The van der Waals surface area contributed by atoms with E-state index >= 15 is 0 Å². The minimum Gasteiger partial charge on any atom is -0.507 e. The van der Waals surface area contributed by atoms with Crippen LogP contribution in [0.4, 0.5) is 13.2 Å². The average Bonchev–Trinajstić information content (AvgIpc) is 3.13. The molecule has 0 bridgehead atoms. The zero-order valence-corrected chi connectivity index (χ0v) is 14.6. The number of hydrogen-bond donors (Lipinski definition) is 1. The normalized spacial score (nSPS) is 11.4. The molecular weight excluding hydrogens is 375 g/mol. The predicted octanol–water partition coefficient (Wildman–Crippen LogP) is 3.99. The maximum absolute atomic E-state index is 12.5. The van der Waals surface area contributed by atoms with Crippen LogP contribution >= 0.6 is 0 Å². The molecule has 0 unspecified atom stereocenters. The van der Waals surface area contributed by atoms with E-state index in [0.717, 1.165) is 0 Å². The third-order valence-corrected chi connectivity index (χ3v) is 4.00. The molecule has 2 heterocycles. The first-order chi connectivity index (χ1) is 13.4. The van der Waals surface area contributed by atoms with Crippen LogP contribution in [0.1, 0.15) is 22.3 Å². The number of hydrogen-bond acceptors (Lipinski definition) is 5. The Hall–Kier alpha value is -3.36. The number of nitrogens with zero attached hydrogens (tertiary/aromatic N) is 3. The van der Waals surface area contributed by atoms with Crippen LogP contribution in [0.25, 0.3) is 11.4 Å². The summed E-state index contributed by atoms with van der Waals surface area (Å²) in [5, 5.41) is 13.7. The number of aryl methyl sites for hydroxylation is 1. The van der Waals surface area contributed by atoms with Crippen molar-refractivity contribution in [2.75, 3.05) is 0 Å². The number of carbonyl (C=O) groups excluding carboxylic acids is 1. The van der Waals surface area contributed by atoms with Gasteiger partial charge in [0.1, 0.15) is 18.1 Å². The second-order valence-corrected chi connectivity index (χ2v) is 5.91. The minimum atomic E-state index is -4.29. The van der Waals surface area contributed by atoms with Crippen LogP contribution in [0.2, 0.25) is 0 Å². The lowest BCUT2D eigenvalue weighted by molar-refractivity contribution is -0.137. The van der Waals surface area contributed by atoms with Crippen molar-refractivity contribution in [3.8, 4) is 22.9 Å². The molecule has 0 atom stereocenters. The van der Waals surface area contributed by atoms with Gasteiger partial charge in [-0.05, 0) is 24.3 Å². The lowest BCUT2D eigenvalue weighted by atomic mass is 10.1. The third-order valence-electron chi connectivity index (χ3n) is 4.00. The van der Waals surface area contributed by atoms with Gasteiger partial charge in [0.15, 0.2) is 6.29 Å². The largest absolute Gasteiger partial charge is 0.507 e. The molecule has 2 aromatic heterocycles. The summed E-state index contributed by atoms with van der Waals surface area (Å²) in [6.45, 7) is -0.331. The van der Waals surface area contributed by atoms with Gasteiger partial charge in [-0.1, -0.05) is 12.1 Å². The fraction of sp³-hybridized carbons (Fsp3) is 0.211. The van der Waals surface area contributed by atoms with Crippen molar-refractivity contribution in [3.05, 3.63) is 59.9 Å². The van der Waals surface area contributed by atoms with Gasteiger partial charge in [0.2, 0.25) is 0 Å². The highest BCUT2D eigenvalue weighted by molar-refractivity contribution is 5.83. The Kier molecular flexibility index (Phi) is 5.62. The number of alkyl halides is 3. The van der Waals surface area contributed by atoms with Gasteiger partial charge in [0, 0.05) is 18.0 Å². The number of phenolic OH excluding ortho intramolecular Hbond substituents is 1. The van der Waals surface area contributed by atoms with E-state index in [4.69, 9.17) is 4.74 Å². The summed E-state index contributed by atoms with van der Waals surface area (Å²) in [5.41, 5.74) is 1.46. The fourth-order valence-electron chi connectivity index (χ4n) is 2.66. The molecule has 3 aromatic rings. The number of aldehydes is 1. The van der Waals surface area contributed by atoms with Crippen molar-refractivity contribution < 1.29 is 27.8 Å². The van der Waals surface area contributed by atoms with E-state index in [9.17, 15) is 23.1 Å². The number of ether oxygens (including phenoxy) is 1. The summed E-state index contributed by atoms with van der Waals surface area (Å²) < 4.78 is 44.5. The molecule has 0 radical (unpaired) electrons. The van der Waals surface area contributed by atoms with E-state index < -0.39 is 12.6 Å². The second-order valence-electron chi connectivity index (χ2n) is 5.91. The number of rotatable bonds is 7. The molecule has 0 aliphatic rings. The number of halogens is 3. The van der Waals surface area contributed by atoms with Gasteiger partial charge in [-0.3, -0.25) is 14.5 Å². The fourth-order valence-corrected chi connectivity index (χ4v) is 2.66. The van der Waals surface area contributed by atoms with Gasteiger partial charge in [0.25, 0.3) is 0 Å². The van der Waals surface area contributed by atoms with E-state index in [-0.39, 0.29) is 30.2 Å². The Balaban J connectivity index is 1.85. The summed E-state index contributed by atoms with van der Waals surface area (Å²) in [4.78, 5) is 15.4. The van der Waals surface area contributed by atoms with Crippen molar-refractivity contribution in [2.24, 2.45) is 0 Å². The van der Waals surface area contributed by atoms with Crippen LogP contribution in [0.15, 0.2) is 48.8 Å². The van der Waals surface area contributed by atoms with Crippen LogP contribution in [-0.4, -0.2) is 32.3 Å². The van der Waals surface area contributed by atoms with Crippen LogP contribution in [0, 0.1) is 0 Å². The summed E-state index contributed by atoms with van der Waals surface area (Å²) in [6, 6.07) is 9.40. The summed E-state index contributed by atoms with van der Waals surface area (Å²) in [6.07, 6.45) is -1.89. The molecule has 146 valence electrons. The zero-order valence-electron chi connectivity index (χ0n) is 14.6. The Morgan fingerprint density at radius 2 is 1.96 bits per heavy atom. The van der Waals surface area contributed by atoms with Crippen molar-refractivity contribution in [1.82, 2.24) is 14.8 Å². The highest BCUT2D eigenvalue weighted by Crippen LogP contribution is 2.28. The highest BCUT2D eigenvalue weighted by atomic mass is 19.4. The maximum Gasteiger partial charge on any atom is 0.390 e. The maximum atomic E-state index is 12.5. The van der Waals surface area contributed by atoms with E-state index in [1.807, 2.05) is 0 Å².